The molecule has 0 bridgehead atoms. The average Bonchev–Trinajstić information content (AvgIpc) is 1.68. The van der Waals surface area contributed by atoms with Crippen molar-refractivity contribution < 1.29 is 99.0 Å². The number of halogens is 15. The lowest BCUT2D eigenvalue weighted by molar-refractivity contribution is -0.144. The SMILES string of the molecule is C=CCN(C(=O)c1ccc(-c2cc(C(F)(F)F)n(C)n2)s1)C1CCCCC1.CC1CCN(C(=O)c2ccc(-c3cc(C(F)(F)F)n(C)n3)s2)CC1.Cc1ccc(CNC(=O)c2ccc(-c3cc(C(F)(F)F)n(C)n3)s2)o1.Cn1nc(-c2ccc(C(=O)NCCOc3ccccc3)s2)cc1C(F)(F)F.Cn1nc(-c2ccc(C(=O)NCCc3cnc[nH]3)s2)cc1C(F)(F)F. The van der Waals surface area contributed by atoms with Gasteiger partial charge in [-0.25, -0.2) is 4.98 Å². The highest BCUT2D eigenvalue weighted by molar-refractivity contribution is 7.18. The zero-order valence-corrected chi connectivity index (χ0v) is 73.4. The van der Waals surface area contributed by atoms with Crippen LogP contribution < -0.4 is 20.7 Å². The predicted molar refractivity (Wildman–Crippen MR) is 454 cm³/mol. The van der Waals surface area contributed by atoms with Gasteiger partial charge in [0.15, 0.2) is 0 Å². The van der Waals surface area contributed by atoms with Crippen LogP contribution in [0.5, 0.6) is 5.75 Å². The topological polar surface area (TPSA) is 268 Å². The first-order chi connectivity index (χ1) is 60.5. The van der Waals surface area contributed by atoms with Gasteiger partial charge in [0.05, 0.1) is 68.2 Å². The smallest absolute Gasteiger partial charge is 0.433 e. The van der Waals surface area contributed by atoms with Gasteiger partial charge in [-0.05, 0) is 154 Å². The van der Waals surface area contributed by atoms with Gasteiger partial charge in [-0.3, -0.25) is 47.4 Å². The number of nitrogens with zero attached hydrogens (tertiary/aromatic N) is 13. The maximum atomic E-state index is 13.0. The fourth-order valence-electron chi connectivity index (χ4n) is 13.3. The summed E-state index contributed by atoms with van der Waals surface area (Å²) in [5, 5.41) is 27.7. The number of benzene rings is 1. The molecular formula is C84H84F15N17O7S5. The van der Waals surface area contributed by atoms with Gasteiger partial charge in [0, 0.05) is 85.8 Å². The number of aryl methyl sites for hydroxylation is 6. The lowest BCUT2D eigenvalue weighted by Crippen LogP contribution is -2.41. The lowest BCUT2D eigenvalue weighted by Gasteiger charge is -2.33. The highest BCUT2D eigenvalue weighted by atomic mass is 32.1. The van der Waals surface area contributed by atoms with Gasteiger partial charge in [0.1, 0.15) is 80.8 Å². The molecule has 128 heavy (non-hydrogen) atoms. The molecule has 1 aromatic carbocycles. The van der Waals surface area contributed by atoms with Crippen LogP contribution in [0.15, 0.2) is 163 Å². The molecule has 682 valence electrons. The van der Waals surface area contributed by atoms with Crippen LogP contribution in [-0.2, 0) is 79.1 Å². The zero-order valence-electron chi connectivity index (χ0n) is 69.3. The van der Waals surface area contributed by atoms with Crippen LogP contribution in [0, 0.1) is 12.8 Å². The molecular weight excluding hydrogens is 1800 g/mol. The Labute approximate surface area is 742 Å². The number of rotatable bonds is 22. The summed E-state index contributed by atoms with van der Waals surface area (Å²) in [7, 11) is 6.24. The van der Waals surface area contributed by atoms with E-state index < -0.39 is 59.4 Å². The van der Waals surface area contributed by atoms with Crippen LogP contribution in [-0.4, -0.2) is 144 Å². The number of furan rings is 1. The maximum Gasteiger partial charge on any atom is 0.433 e. The fourth-order valence-corrected chi connectivity index (χ4v) is 17.8. The Morgan fingerprint density at radius 2 is 0.883 bits per heavy atom. The van der Waals surface area contributed by atoms with Crippen molar-refractivity contribution in [2.75, 3.05) is 39.3 Å². The Bertz CT molecular complexity index is 5900. The maximum absolute atomic E-state index is 13.0. The van der Waals surface area contributed by atoms with Crippen molar-refractivity contribution in [3.05, 3.63) is 229 Å². The van der Waals surface area contributed by atoms with Crippen LogP contribution in [0.2, 0.25) is 0 Å². The van der Waals surface area contributed by atoms with Crippen molar-refractivity contribution >= 4 is 86.2 Å². The number of thiophene rings is 5. The Balaban J connectivity index is 0.000000155. The molecule has 13 heterocycles. The number of ether oxygens (including phenoxy) is 1. The first-order valence-electron chi connectivity index (χ1n) is 39.3. The number of nitrogens with one attached hydrogen (secondary N) is 4. The molecule has 1 saturated carbocycles. The minimum absolute atomic E-state index is 0.0508. The summed E-state index contributed by atoms with van der Waals surface area (Å²) in [5.41, 5.74) is -2.20. The van der Waals surface area contributed by atoms with Gasteiger partial charge >= 0.3 is 30.9 Å². The normalized spacial score (nSPS) is 13.4. The molecule has 12 aromatic heterocycles. The monoisotopic (exact) mass is 1890 g/mol. The third kappa shape index (κ3) is 25.7. The van der Waals surface area contributed by atoms with Crippen molar-refractivity contribution in [1.82, 2.24) is 84.6 Å². The fraction of sp³-hybridized carbons (Fsp3) is 0.345. The molecule has 0 spiro atoms. The first-order valence-corrected chi connectivity index (χ1v) is 43.4. The molecule has 13 aromatic rings. The molecule has 2 aliphatic rings. The highest BCUT2D eigenvalue weighted by Crippen LogP contribution is 2.41. The Kier molecular flexibility index (Phi) is 31.7. The van der Waals surface area contributed by atoms with Gasteiger partial charge < -0.3 is 39.9 Å². The second kappa shape index (κ2) is 41.9. The minimum Gasteiger partial charge on any atom is -0.492 e. The molecule has 2 fully saturated rings. The summed E-state index contributed by atoms with van der Waals surface area (Å²) in [6.07, 6.45) is -9.43. The third-order valence-electron chi connectivity index (χ3n) is 19.8. The van der Waals surface area contributed by atoms with Crippen molar-refractivity contribution in [2.45, 2.75) is 109 Å². The summed E-state index contributed by atoms with van der Waals surface area (Å²) in [4.78, 5) is 77.3. The minimum atomic E-state index is -4.48. The van der Waals surface area contributed by atoms with Crippen LogP contribution in [0.3, 0.4) is 0 Å². The Morgan fingerprint density at radius 1 is 0.500 bits per heavy atom. The van der Waals surface area contributed by atoms with Gasteiger partial charge in [0.25, 0.3) is 29.5 Å². The standard InChI is InChI=1S/C19H22F3N3OS.C18H16F3N3O2S.C16H14F3N3O2S.C16H18F3N3OS.C15H14F3N5OS/c1-3-11-25(13-7-5-4-6-8-13)18(26)16-10-9-15(27-16)14-12-17(19(20,21)22)24(2)23-14;1-24-16(18(19,20)21)11-13(23-24)14-7-8-15(27-14)17(25)22-9-10-26-12-5-3-2-4-6-12;1-9-3-4-10(24-9)8-20-15(23)13-6-5-12(25-13)11-7-14(16(17,18)19)22(2)21-11;1-10-5-7-22(8-6-10)15(23)13-4-3-12(24-13)11-9-14(16(17,18)19)21(2)20-11;1-23-13(15(16,17)18)6-10(22-23)11-2-3-12(25-11)14(24)20-5-4-9-7-19-8-21-9/h3,9-10,12-13H,1,4-8,11H2,2H3;2-8,11H,9-10H2,1H3,(H,22,25);3-7H,8H2,1-2H3,(H,20,23);3-4,9-10H,5-8H2,1-2H3;2-3,6-8H,4-5H2,1H3,(H,19,21)(H,20,24). The number of amides is 5. The van der Waals surface area contributed by atoms with Crippen molar-refractivity contribution in [2.24, 2.45) is 41.2 Å². The van der Waals surface area contributed by atoms with E-state index in [-0.39, 0.29) is 70.6 Å². The molecule has 4 N–H and O–H groups in total. The van der Waals surface area contributed by atoms with Gasteiger partial charge in [-0.2, -0.15) is 91.3 Å². The quantitative estimate of drug-likeness (QED) is 0.0280. The van der Waals surface area contributed by atoms with E-state index in [4.69, 9.17) is 9.15 Å². The van der Waals surface area contributed by atoms with E-state index in [1.807, 2.05) is 40.1 Å². The van der Waals surface area contributed by atoms with E-state index in [1.165, 1.54) is 64.3 Å². The lowest BCUT2D eigenvalue weighted by atomic mass is 9.94. The summed E-state index contributed by atoms with van der Waals surface area (Å²) in [6, 6.07) is 34.0. The largest absolute Gasteiger partial charge is 0.492 e. The van der Waals surface area contributed by atoms with Gasteiger partial charge in [-0.15, -0.1) is 63.3 Å². The molecule has 1 aliphatic carbocycles. The van der Waals surface area contributed by atoms with Gasteiger partial charge in [0.2, 0.25) is 0 Å². The zero-order chi connectivity index (χ0) is 92.7. The second-order valence-electron chi connectivity index (χ2n) is 29.2. The van der Waals surface area contributed by atoms with Gasteiger partial charge in [-0.1, -0.05) is 50.5 Å². The number of aromatic nitrogens is 12. The number of carbonyl (C=O) groups excluding carboxylic acids is 5. The van der Waals surface area contributed by atoms with Crippen molar-refractivity contribution in [3.63, 3.8) is 0 Å². The molecule has 15 rings (SSSR count). The van der Waals surface area contributed by atoms with Crippen LogP contribution in [0.25, 0.3) is 52.9 Å². The van der Waals surface area contributed by atoms with E-state index in [1.54, 1.807) is 98.3 Å². The van der Waals surface area contributed by atoms with Crippen molar-refractivity contribution in [1.29, 1.82) is 0 Å². The number of carbonyl (C=O) groups is 5. The van der Waals surface area contributed by atoms with E-state index in [9.17, 15) is 89.8 Å². The molecule has 1 saturated heterocycles. The Hall–Kier alpha value is -11.9. The van der Waals surface area contributed by atoms with Crippen LogP contribution >= 0.6 is 56.7 Å². The van der Waals surface area contributed by atoms with Crippen LogP contribution in [0.1, 0.15) is 146 Å². The van der Waals surface area contributed by atoms with Crippen LogP contribution in [0.4, 0.5) is 65.9 Å². The van der Waals surface area contributed by atoms with E-state index in [0.29, 0.717) is 98.9 Å². The number of piperidine rings is 1. The molecule has 0 atom stereocenters. The summed E-state index contributed by atoms with van der Waals surface area (Å²) in [6.45, 7) is 10.9. The number of alkyl halides is 15. The van der Waals surface area contributed by atoms with E-state index in [0.717, 1.165) is 151 Å². The van der Waals surface area contributed by atoms with Crippen molar-refractivity contribution in [3.8, 4) is 58.6 Å². The summed E-state index contributed by atoms with van der Waals surface area (Å²) < 4.78 is 208. The number of para-hydroxylation sites is 1. The average molecular weight is 1890 g/mol. The summed E-state index contributed by atoms with van der Waals surface area (Å²) >= 11 is 5.63. The number of imidazole rings is 1. The first kappa shape index (κ1) is 96.7. The number of hydrogen-bond acceptors (Lipinski definition) is 18. The molecule has 0 unspecified atom stereocenters. The molecule has 24 nitrogen and oxygen atoms in total. The van der Waals surface area contributed by atoms with E-state index >= 15 is 0 Å². The number of aromatic amines is 1. The number of hydrogen-bond donors (Lipinski definition) is 4. The Morgan fingerprint density at radius 3 is 1.26 bits per heavy atom. The molecule has 5 amide bonds. The third-order valence-corrected chi connectivity index (χ3v) is 25.3. The molecule has 0 radical (unpaired) electrons. The number of H-pyrrole nitrogens is 1. The molecule has 1 aliphatic heterocycles. The predicted octanol–water partition coefficient (Wildman–Crippen LogP) is 20.0. The number of likely N-dealkylation sites (tertiary alicyclic amines) is 1. The highest BCUT2D eigenvalue weighted by Gasteiger charge is 2.40. The second-order valence-corrected chi connectivity index (χ2v) is 34.6. The summed E-state index contributed by atoms with van der Waals surface area (Å²) in [5.74, 6) is 1.66. The van der Waals surface area contributed by atoms with E-state index in [2.05, 4.69) is 64.9 Å². The molecule has 44 heteroatoms.